The lowest BCUT2D eigenvalue weighted by Gasteiger charge is -2.16. The molecule has 16 heavy (non-hydrogen) atoms. The van der Waals surface area contributed by atoms with Crippen LogP contribution in [0.25, 0.3) is 0 Å². The molecule has 4 nitrogen and oxygen atoms in total. The van der Waals surface area contributed by atoms with Crippen LogP contribution in [0.1, 0.15) is 17.7 Å². The number of aliphatic hydroxyl groups excluding tert-OH is 1. The molecule has 0 amide bonds. The molecule has 1 saturated heterocycles. The van der Waals surface area contributed by atoms with E-state index in [9.17, 15) is 5.11 Å². The third-order valence-electron chi connectivity index (χ3n) is 3.85. The minimum Gasteiger partial charge on any atom is -0.393 e. The van der Waals surface area contributed by atoms with Gasteiger partial charge >= 0.3 is 0 Å². The highest BCUT2D eigenvalue weighted by atomic mass is 32.1. The first-order valence-electron chi connectivity index (χ1n) is 5.83. The van der Waals surface area contributed by atoms with Crippen LogP contribution >= 0.6 is 11.3 Å². The SMILES string of the molecule is Nc1ncc(CN2CC3CCC(O)C3C2)s1. The molecule has 2 aliphatic rings. The molecule has 3 unspecified atom stereocenters. The van der Waals surface area contributed by atoms with Crippen molar-refractivity contribution in [1.82, 2.24) is 9.88 Å². The molecule has 1 aromatic rings. The lowest BCUT2D eigenvalue weighted by atomic mass is 10.00. The molecule has 2 fully saturated rings. The molecular formula is C11H17N3OS. The monoisotopic (exact) mass is 239 g/mol. The third-order valence-corrected chi connectivity index (χ3v) is 4.66. The molecular weight excluding hydrogens is 222 g/mol. The van der Waals surface area contributed by atoms with Gasteiger partial charge in [0.25, 0.3) is 0 Å². The first-order valence-corrected chi connectivity index (χ1v) is 6.64. The van der Waals surface area contributed by atoms with Gasteiger partial charge in [-0.05, 0) is 18.8 Å². The maximum Gasteiger partial charge on any atom is 0.180 e. The standard InChI is InChI=1S/C11H17N3OS/c12-11-13-3-8(16-11)5-14-4-7-1-2-10(15)9(7)6-14/h3,7,9-10,15H,1-2,4-6H2,(H2,12,13). The van der Waals surface area contributed by atoms with Gasteiger partial charge in [-0.15, -0.1) is 11.3 Å². The summed E-state index contributed by atoms with van der Waals surface area (Å²) in [6, 6.07) is 0. The number of nitrogens with zero attached hydrogens (tertiary/aromatic N) is 2. The summed E-state index contributed by atoms with van der Waals surface area (Å²) in [6.45, 7) is 3.09. The third kappa shape index (κ3) is 1.83. The summed E-state index contributed by atoms with van der Waals surface area (Å²) in [5.41, 5.74) is 5.62. The second-order valence-corrected chi connectivity index (χ2v) is 6.07. The molecule has 0 aromatic carbocycles. The van der Waals surface area contributed by atoms with E-state index in [1.54, 1.807) is 11.3 Å². The van der Waals surface area contributed by atoms with Crippen molar-refractivity contribution >= 4 is 16.5 Å². The Morgan fingerprint density at radius 2 is 2.38 bits per heavy atom. The van der Waals surface area contributed by atoms with E-state index in [0.29, 0.717) is 17.0 Å². The van der Waals surface area contributed by atoms with E-state index in [1.807, 2.05) is 6.20 Å². The Bertz CT molecular complexity index is 381. The molecule has 1 aromatic heterocycles. The number of fused-ring (bicyclic) bond motifs is 1. The smallest absolute Gasteiger partial charge is 0.180 e. The summed E-state index contributed by atoms with van der Waals surface area (Å²) in [5, 5.41) is 10.5. The van der Waals surface area contributed by atoms with Crippen LogP contribution < -0.4 is 5.73 Å². The van der Waals surface area contributed by atoms with Gasteiger partial charge in [0.1, 0.15) is 0 Å². The molecule has 0 bridgehead atoms. The number of aliphatic hydroxyl groups is 1. The Morgan fingerprint density at radius 3 is 3.06 bits per heavy atom. The fourth-order valence-electron chi connectivity index (χ4n) is 3.07. The second kappa shape index (κ2) is 3.98. The van der Waals surface area contributed by atoms with E-state index >= 15 is 0 Å². The zero-order valence-electron chi connectivity index (χ0n) is 9.17. The topological polar surface area (TPSA) is 62.4 Å². The zero-order valence-corrected chi connectivity index (χ0v) is 9.99. The molecule has 3 N–H and O–H groups in total. The summed E-state index contributed by atoms with van der Waals surface area (Å²) < 4.78 is 0. The Balaban J connectivity index is 1.62. The quantitative estimate of drug-likeness (QED) is 0.806. The number of nitrogens with two attached hydrogens (primary N) is 1. The van der Waals surface area contributed by atoms with Crippen molar-refractivity contribution in [2.75, 3.05) is 18.8 Å². The van der Waals surface area contributed by atoms with Crippen molar-refractivity contribution in [3.8, 4) is 0 Å². The average molecular weight is 239 g/mol. The van der Waals surface area contributed by atoms with Crippen molar-refractivity contribution in [1.29, 1.82) is 0 Å². The van der Waals surface area contributed by atoms with Gasteiger partial charge in [-0.1, -0.05) is 0 Å². The van der Waals surface area contributed by atoms with Crippen molar-refractivity contribution < 1.29 is 5.11 Å². The highest BCUT2D eigenvalue weighted by Gasteiger charge is 2.41. The fourth-order valence-corrected chi connectivity index (χ4v) is 3.80. The molecule has 0 radical (unpaired) electrons. The predicted molar refractivity (Wildman–Crippen MR) is 64.0 cm³/mol. The van der Waals surface area contributed by atoms with E-state index in [0.717, 1.165) is 26.1 Å². The number of rotatable bonds is 2. The van der Waals surface area contributed by atoms with Gasteiger partial charge in [-0.3, -0.25) is 4.90 Å². The Hall–Kier alpha value is -0.650. The van der Waals surface area contributed by atoms with Gasteiger partial charge in [0.05, 0.1) is 6.10 Å². The summed E-state index contributed by atoms with van der Waals surface area (Å²) >= 11 is 1.57. The zero-order chi connectivity index (χ0) is 11.1. The number of nitrogen functional groups attached to an aromatic ring is 1. The lowest BCUT2D eigenvalue weighted by Crippen LogP contribution is -2.24. The van der Waals surface area contributed by atoms with Crippen LogP contribution in [-0.2, 0) is 6.54 Å². The molecule has 1 aliphatic carbocycles. The maximum absolute atomic E-state index is 9.83. The van der Waals surface area contributed by atoms with E-state index in [4.69, 9.17) is 5.73 Å². The van der Waals surface area contributed by atoms with E-state index < -0.39 is 0 Å². The summed E-state index contributed by atoms with van der Waals surface area (Å²) in [4.78, 5) is 7.72. The number of likely N-dealkylation sites (tertiary alicyclic amines) is 1. The van der Waals surface area contributed by atoms with Crippen LogP contribution in [0.15, 0.2) is 6.20 Å². The summed E-state index contributed by atoms with van der Waals surface area (Å²) in [6.07, 6.45) is 3.98. The first kappa shape index (κ1) is 10.5. The second-order valence-electron chi connectivity index (χ2n) is 4.93. The van der Waals surface area contributed by atoms with Crippen molar-refractivity contribution in [2.45, 2.75) is 25.5 Å². The van der Waals surface area contributed by atoms with Crippen molar-refractivity contribution in [3.63, 3.8) is 0 Å². The molecule has 5 heteroatoms. The molecule has 3 atom stereocenters. The number of hydrogen-bond donors (Lipinski definition) is 2. The Morgan fingerprint density at radius 1 is 1.50 bits per heavy atom. The Kier molecular flexibility index (Phi) is 2.61. The molecule has 0 spiro atoms. The normalized spacial score (nSPS) is 34.4. The fraction of sp³-hybridized carbons (Fsp3) is 0.727. The van der Waals surface area contributed by atoms with E-state index in [-0.39, 0.29) is 6.10 Å². The minimum absolute atomic E-state index is 0.0680. The van der Waals surface area contributed by atoms with E-state index in [1.165, 1.54) is 11.3 Å². The molecule has 1 saturated carbocycles. The van der Waals surface area contributed by atoms with Gasteiger partial charge in [-0.2, -0.15) is 0 Å². The molecule has 2 heterocycles. The largest absolute Gasteiger partial charge is 0.393 e. The van der Waals surface area contributed by atoms with Crippen LogP contribution in [0.3, 0.4) is 0 Å². The highest BCUT2D eigenvalue weighted by molar-refractivity contribution is 7.15. The molecule has 1 aliphatic heterocycles. The lowest BCUT2D eigenvalue weighted by molar-refractivity contribution is 0.123. The van der Waals surface area contributed by atoms with Crippen molar-refractivity contribution in [2.24, 2.45) is 11.8 Å². The van der Waals surface area contributed by atoms with Gasteiger partial charge < -0.3 is 10.8 Å². The highest BCUT2D eigenvalue weighted by Crippen LogP contribution is 2.38. The van der Waals surface area contributed by atoms with Crippen molar-refractivity contribution in [3.05, 3.63) is 11.1 Å². The van der Waals surface area contributed by atoms with Gasteiger partial charge in [-0.25, -0.2) is 4.98 Å². The number of hydrogen-bond acceptors (Lipinski definition) is 5. The number of anilines is 1. The average Bonchev–Trinajstić information content (AvgIpc) is 2.88. The first-order chi connectivity index (χ1) is 7.72. The molecule has 88 valence electrons. The summed E-state index contributed by atoms with van der Waals surface area (Å²) in [7, 11) is 0. The van der Waals surface area contributed by atoms with Crippen LogP contribution in [0.2, 0.25) is 0 Å². The van der Waals surface area contributed by atoms with Gasteiger partial charge in [0, 0.05) is 36.6 Å². The van der Waals surface area contributed by atoms with Crippen LogP contribution in [-0.4, -0.2) is 34.2 Å². The maximum atomic E-state index is 9.83. The van der Waals surface area contributed by atoms with Crippen LogP contribution in [0, 0.1) is 11.8 Å². The van der Waals surface area contributed by atoms with Gasteiger partial charge in [0.15, 0.2) is 5.13 Å². The number of thiazole rings is 1. The Labute approximate surface area is 99.1 Å². The van der Waals surface area contributed by atoms with Crippen LogP contribution in [0.4, 0.5) is 5.13 Å². The minimum atomic E-state index is -0.0680. The van der Waals surface area contributed by atoms with Crippen LogP contribution in [0.5, 0.6) is 0 Å². The molecule has 3 rings (SSSR count). The van der Waals surface area contributed by atoms with Gasteiger partial charge in [0.2, 0.25) is 0 Å². The van der Waals surface area contributed by atoms with E-state index in [2.05, 4.69) is 9.88 Å². The predicted octanol–water partition coefficient (Wildman–Crippen LogP) is 0.928. The number of aromatic nitrogens is 1. The summed E-state index contributed by atoms with van der Waals surface area (Å²) in [5.74, 6) is 1.21.